The van der Waals surface area contributed by atoms with E-state index >= 15 is 0 Å². The molecule has 0 saturated heterocycles. The minimum absolute atomic E-state index is 0.00235. The van der Waals surface area contributed by atoms with Crippen LogP contribution in [-0.2, 0) is 6.42 Å². The van der Waals surface area contributed by atoms with Crippen molar-refractivity contribution >= 4 is 10.9 Å². The maximum absolute atomic E-state index is 11.6. The summed E-state index contributed by atoms with van der Waals surface area (Å²) >= 11 is 0. The van der Waals surface area contributed by atoms with Gasteiger partial charge in [0, 0.05) is 22.0 Å². The Balaban J connectivity index is 2.28. The van der Waals surface area contributed by atoms with Gasteiger partial charge in [-0.25, -0.2) is 0 Å². The van der Waals surface area contributed by atoms with Gasteiger partial charge in [-0.1, -0.05) is 12.1 Å². The molecule has 1 heterocycles. The molecular weight excluding hydrogens is 236 g/mol. The number of aromatic amines is 1. The summed E-state index contributed by atoms with van der Waals surface area (Å²) in [5, 5.41) is 4.64. The topological polar surface area (TPSA) is 44.9 Å². The second kappa shape index (κ2) is 5.17. The normalized spacial score (nSPS) is 12.0. The summed E-state index contributed by atoms with van der Waals surface area (Å²) in [6, 6.07) is 8.07. The number of benzene rings is 1. The Bertz CT molecular complexity index is 635. The number of hydrogen-bond acceptors (Lipinski definition) is 2. The van der Waals surface area contributed by atoms with Crippen LogP contribution in [0.5, 0.6) is 0 Å². The van der Waals surface area contributed by atoms with E-state index in [-0.39, 0.29) is 11.1 Å². The van der Waals surface area contributed by atoms with Crippen LogP contribution >= 0.6 is 0 Å². The van der Waals surface area contributed by atoms with E-state index < -0.39 is 0 Å². The van der Waals surface area contributed by atoms with E-state index in [1.54, 1.807) is 0 Å². The summed E-state index contributed by atoms with van der Waals surface area (Å²) < 4.78 is 0. The molecule has 0 atom stereocenters. The first-order valence-corrected chi connectivity index (χ1v) is 6.73. The van der Waals surface area contributed by atoms with Crippen molar-refractivity contribution in [2.75, 3.05) is 6.54 Å². The minimum Gasteiger partial charge on any atom is -0.322 e. The molecule has 1 aromatic carbocycles. The van der Waals surface area contributed by atoms with Crippen LogP contribution in [0.1, 0.15) is 31.9 Å². The first-order chi connectivity index (χ1) is 8.87. The Morgan fingerprint density at radius 2 is 2.00 bits per heavy atom. The summed E-state index contributed by atoms with van der Waals surface area (Å²) in [7, 11) is 0. The number of hydrogen-bond donors (Lipinski definition) is 2. The largest absolute Gasteiger partial charge is 0.322 e. The fraction of sp³-hybridized carbons (Fsp3) is 0.438. The summed E-state index contributed by atoms with van der Waals surface area (Å²) in [6.45, 7) is 9.27. The van der Waals surface area contributed by atoms with Crippen LogP contribution in [0.4, 0.5) is 0 Å². The predicted molar refractivity (Wildman–Crippen MR) is 80.8 cm³/mol. The van der Waals surface area contributed by atoms with Crippen molar-refractivity contribution < 1.29 is 0 Å². The molecule has 0 aliphatic rings. The van der Waals surface area contributed by atoms with Gasteiger partial charge in [-0.3, -0.25) is 4.79 Å². The molecule has 102 valence electrons. The molecule has 0 saturated carbocycles. The van der Waals surface area contributed by atoms with Crippen molar-refractivity contribution in [3.8, 4) is 0 Å². The maximum atomic E-state index is 11.6. The molecule has 2 aromatic rings. The average Bonchev–Trinajstić information content (AvgIpc) is 2.30. The van der Waals surface area contributed by atoms with Crippen LogP contribution < -0.4 is 10.9 Å². The van der Waals surface area contributed by atoms with E-state index in [9.17, 15) is 4.79 Å². The highest BCUT2D eigenvalue weighted by Gasteiger charge is 2.09. The Kier molecular flexibility index (Phi) is 3.76. The predicted octanol–water partition coefficient (Wildman–Crippen LogP) is 2.77. The lowest BCUT2D eigenvalue weighted by atomic mass is 10.0. The Morgan fingerprint density at radius 1 is 1.26 bits per heavy atom. The molecule has 2 rings (SSSR count). The van der Waals surface area contributed by atoms with E-state index in [1.807, 2.05) is 25.1 Å². The van der Waals surface area contributed by atoms with Gasteiger partial charge in [-0.15, -0.1) is 0 Å². The van der Waals surface area contributed by atoms with Gasteiger partial charge >= 0.3 is 0 Å². The summed E-state index contributed by atoms with van der Waals surface area (Å²) in [6.07, 6.45) is 0.958. The first kappa shape index (κ1) is 13.8. The SMILES string of the molecule is Cc1cc2c(CCNC(C)(C)C)cccc2[nH]c1=O. The van der Waals surface area contributed by atoms with Crippen molar-refractivity contribution in [1.82, 2.24) is 10.3 Å². The molecule has 0 radical (unpaired) electrons. The Labute approximate surface area is 114 Å². The van der Waals surface area contributed by atoms with Crippen LogP contribution in [0.15, 0.2) is 29.1 Å². The summed E-state index contributed by atoms with van der Waals surface area (Å²) in [5.41, 5.74) is 3.09. The van der Waals surface area contributed by atoms with Crippen LogP contribution in [0.25, 0.3) is 10.9 Å². The van der Waals surface area contributed by atoms with Gasteiger partial charge in [0.05, 0.1) is 0 Å². The van der Waals surface area contributed by atoms with Gasteiger partial charge in [0.15, 0.2) is 0 Å². The molecule has 0 amide bonds. The number of pyridine rings is 1. The van der Waals surface area contributed by atoms with E-state index in [0.717, 1.165) is 29.4 Å². The Morgan fingerprint density at radius 3 is 2.68 bits per heavy atom. The molecule has 1 aromatic heterocycles. The van der Waals surface area contributed by atoms with Crippen molar-refractivity contribution in [3.05, 3.63) is 45.7 Å². The lowest BCUT2D eigenvalue weighted by Crippen LogP contribution is -2.37. The molecule has 0 aliphatic heterocycles. The fourth-order valence-corrected chi connectivity index (χ4v) is 2.19. The lowest BCUT2D eigenvalue weighted by molar-refractivity contribution is 0.430. The molecule has 0 unspecified atom stereocenters. The monoisotopic (exact) mass is 258 g/mol. The zero-order chi connectivity index (χ0) is 14.0. The second-order valence-electron chi connectivity index (χ2n) is 6.09. The van der Waals surface area contributed by atoms with Gasteiger partial charge < -0.3 is 10.3 Å². The van der Waals surface area contributed by atoms with Crippen LogP contribution in [0.3, 0.4) is 0 Å². The quantitative estimate of drug-likeness (QED) is 0.889. The fourth-order valence-electron chi connectivity index (χ4n) is 2.19. The van der Waals surface area contributed by atoms with Crippen LogP contribution in [0, 0.1) is 6.92 Å². The molecule has 0 aliphatic carbocycles. The van der Waals surface area contributed by atoms with Crippen LogP contribution in [0.2, 0.25) is 0 Å². The first-order valence-electron chi connectivity index (χ1n) is 6.73. The van der Waals surface area contributed by atoms with E-state index in [1.165, 1.54) is 5.56 Å². The highest BCUT2D eigenvalue weighted by atomic mass is 16.1. The number of H-pyrrole nitrogens is 1. The molecule has 0 fully saturated rings. The lowest BCUT2D eigenvalue weighted by Gasteiger charge is -2.20. The van der Waals surface area contributed by atoms with Crippen molar-refractivity contribution in [3.63, 3.8) is 0 Å². The highest BCUT2D eigenvalue weighted by Crippen LogP contribution is 2.17. The zero-order valence-electron chi connectivity index (χ0n) is 12.1. The molecular formula is C16H22N2O. The summed E-state index contributed by atoms with van der Waals surface area (Å²) in [5.74, 6) is 0. The molecule has 0 bridgehead atoms. The van der Waals surface area contributed by atoms with Crippen molar-refractivity contribution in [2.24, 2.45) is 0 Å². The zero-order valence-corrected chi connectivity index (χ0v) is 12.1. The molecule has 0 spiro atoms. The number of fused-ring (bicyclic) bond motifs is 1. The van der Waals surface area contributed by atoms with Gasteiger partial charge in [-0.05, 0) is 58.4 Å². The van der Waals surface area contributed by atoms with E-state index in [2.05, 4.69) is 37.1 Å². The Hall–Kier alpha value is -1.61. The van der Waals surface area contributed by atoms with E-state index in [4.69, 9.17) is 0 Å². The molecule has 3 nitrogen and oxygen atoms in total. The van der Waals surface area contributed by atoms with Crippen molar-refractivity contribution in [1.29, 1.82) is 0 Å². The number of nitrogens with one attached hydrogen (secondary N) is 2. The van der Waals surface area contributed by atoms with Gasteiger partial charge in [0.1, 0.15) is 0 Å². The number of aromatic nitrogens is 1. The van der Waals surface area contributed by atoms with Crippen LogP contribution in [-0.4, -0.2) is 17.1 Å². The third-order valence-electron chi connectivity index (χ3n) is 3.21. The number of aryl methyl sites for hydroxylation is 1. The third kappa shape index (κ3) is 3.44. The van der Waals surface area contributed by atoms with Gasteiger partial charge in [0.25, 0.3) is 5.56 Å². The second-order valence-corrected chi connectivity index (χ2v) is 6.09. The molecule has 19 heavy (non-hydrogen) atoms. The average molecular weight is 258 g/mol. The minimum atomic E-state index is -0.00235. The van der Waals surface area contributed by atoms with Gasteiger partial charge in [-0.2, -0.15) is 0 Å². The maximum Gasteiger partial charge on any atom is 0.251 e. The van der Waals surface area contributed by atoms with Crippen molar-refractivity contribution in [2.45, 2.75) is 39.7 Å². The van der Waals surface area contributed by atoms with E-state index in [0.29, 0.717) is 0 Å². The molecule has 2 N–H and O–H groups in total. The van der Waals surface area contributed by atoms with Gasteiger partial charge in [0.2, 0.25) is 0 Å². The third-order valence-corrected chi connectivity index (χ3v) is 3.21. The number of rotatable bonds is 3. The molecule has 3 heteroatoms. The standard InChI is InChI=1S/C16H22N2O/c1-11-10-13-12(8-9-17-16(2,3)4)6-5-7-14(13)18-15(11)19/h5-7,10,17H,8-9H2,1-4H3,(H,18,19). The summed E-state index contributed by atoms with van der Waals surface area (Å²) in [4.78, 5) is 14.6. The highest BCUT2D eigenvalue weighted by molar-refractivity contribution is 5.82. The smallest absolute Gasteiger partial charge is 0.251 e.